The summed E-state index contributed by atoms with van der Waals surface area (Å²) in [5.74, 6) is 1.87. The van der Waals surface area contributed by atoms with Crippen LogP contribution in [-0.2, 0) is 9.53 Å². The Balaban J connectivity index is 1.70. The molecular formula is C22H20O7. The first-order chi connectivity index (χ1) is 14.1. The number of hydrogen-bond donors (Lipinski definition) is 0. The molecule has 7 nitrogen and oxygen atoms in total. The first kappa shape index (κ1) is 17.7. The normalized spacial score (nSPS) is 21.8. The SMILES string of the molecule is COc1cc2c(cc1OC)[C@@H]1[C@H](OC(C)=O)c3ccc4occc4c3O[C@@H]1CO2. The van der Waals surface area contributed by atoms with Crippen molar-refractivity contribution in [2.45, 2.75) is 25.0 Å². The van der Waals surface area contributed by atoms with Crippen LogP contribution >= 0.6 is 0 Å². The van der Waals surface area contributed by atoms with Crippen molar-refractivity contribution in [2.24, 2.45) is 0 Å². The molecule has 0 saturated heterocycles. The van der Waals surface area contributed by atoms with Gasteiger partial charge in [0, 0.05) is 24.1 Å². The summed E-state index contributed by atoms with van der Waals surface area (Å²) in [5, 5.41) is 0.844. The van der Waals surface area contributed by atoms with Crippen LogP contribution in [0.25, 0.3) is 11.0 Å². The Hall–Kier alpha value is -3.35. The van der Waals surface area contributed by atoms with Crippen LogP contribution in [0.5, 0.6) is 23.0 Å². The number of benzene rings is 2. The number of methoxy groups -OCH3 is 2. The zero-order chi connectivity index (χ0) is 20.1. The van der Waals surface area contributed by atoms with Gasteiger partial charge in [-0.2, -0.15) is 0 Å². The van der Waals surface area contributed by atoms with Crippen LogP contribution in [-0.4, -0.2) is 32.9 Å². The van der Waals surface area contributed by atoms with Crippen LogP contribution in [0.1, 0.15) is 30.1 Å². The van der Waals surface area contributed by atoms with Gasteiger partial charge in [0.15, 0.2) is 11.5 Å². The van der Waals surface area contributed by atoms with E-state index in [0.717, 1.165) is 16.5 Å². The van der Waals surface area contributed by atoms with Gasteiger partial charge < -0.3 is 28.1 Å². The second-order valence-electron chi connectivity index (χ2n) is 7.08. The molecule has 2 aliphatic rings. The molecule has 2 aromatic carbocycles. The highest BCUT2D eigenvalue weighted by molar-refractivity contribution is 5.86. The minimum Gasteiger partial charge on any atom is -0.493 e. The van der Waals surface area contributed by atoms with Crippen molar-refractivity contribution in [1.29, 1.82) is 0 Å². The second kappa shape index (κ2) is 6.62. The van der Waals surface area contributed by atoms with Crippen LogP contribution in [0.15, 0.2) is 41.0 Å². The van der Waals surface area contributed by atoms with Gasteiger partial charge in [0.1, 0.15) is 35.9 Å². The smallest absolute Gasteiger partial charge is 0.303 e. The molecule has 0 N–H and O–H groups in total. The van der Waals surface area contributed by atoms with Gasteiger partial charge >= 0.3 is 5.97 Å². The van der Waals surface area contributed by atoms with Gasteiger partial charge in [0.25, 0.3) is 0 Å². The van der Waals surface area contributed by atoms with E-state index in [1.165, 1.54) is 6.92 Å². The lowest BCUT2D eigenvalue weighted by Crippen LogP contribution is -2.42. The maximum Gasteiger partial charge on any atom is 0.303 e. The molecule has 0 fully saturated rings. The fourth-order valence-electron chi connectivity index (χ4n) is 4.25. The monoisotopic (exact) mass is 396 g/mol. The second-order valence-corrected chi connectivity index (χ2v) is 7.08. The molecule has 3 heterocycles. The van der Waals surface area contributed by atoms with Gasteiger partial charge in [-0.05, 0) is 24.3 Å². The van der Waals surface area contributed by atoms with E-state index in [0.29, 0.717) is 35.2 Å². The summed E-state index contributed by atoms with van der Waals surface area (Å²) in [6, 6.07) is 9.27. The molecule has 2 aliphatic heterocycles. The highest BCUT2D eigenvalue weighted by atomic mass is 16.6. The molecule has 7 heteroatoms. The number of esters is 1. The predicted octanol–water partition coefficient (Wildman–Crippen LogP) is 3.99. The zero-order valence-corrected chi connectivity index (χ0v) is 16.3. The van der Waals surface area contributed by atoms with Crippen LogP contribution in [0, 0.1) is 0 Å². The fraction of sp³-hybridized carbons (Fsp3) is 0.318. The number of furan rings is 1. The quantitative estimate of drug-likeness (QED) is 0.620. The maximum atomic E-state index is 12.0. The average molecular weight is 396 g/mol. The highest BCUT2D eigenvalue weighted by Gasteiger charge is 2.46. The van der Waals surface area contributed by atoms with Crippen molar-refractivity contribution < 1.29 is 32.9 Å². The first-order valence-electron chi connectivity index (χ1n) is 9.33. The Labute approximate surface area is 167 Å². The standard InChI is InChI=1S/C22H20O7/c1-11(23)28-22-13-4-5-15-12(6-7-26-15)21(13)29-19-10-27-16-9-18(25-3)17(24-2)8-14(16)20(19)22/h4-9,19-20,22H,10H2,1-3H3/t19-,20+,22-/m1/s1. The van der Waals surface area contributed by atoms with Crippen LogP contribution in [0.3, 0.4) is 0 Å². The zero-order valence-electron chi connectivity index (χ0n) is 16.3. The van der Waals surface area contributed by atoms with Crippen LogP contribution < -0.4 is 18.9 Å². The average Bonchev–Trinajstić information content (AvgIpc) is 3.21. The minimum absolute atomic E-state index is 0.251. The number of fused-ring (bicyclic) bond motifs is 6. The fourth-order valence-corrected chi connectivity index (χ4v) is 4.25. The third-order valence-corrected chi connectivity index (χ3v) is 5.49. The lowest BCUT2D eigenvalue weighted by atomic mass is 9.80. The van der Waals surface area contributed by atoms with Crippen LogP contribution in [0.2, 0.25) is 0 Å². The van der Waals surface area contributed by atoms with Gasteiger partial charge in [-0.25, -0.2) is 0 Å². The molecule has 150 valence electrons. The summed E-state index contributed by atoms with van der Waals surface area (Å²) >= 11 is 0. The summed E-state index contributed by atoms with van der Waals surface area (Å²) in [7, 11) is 3.16. The van der Waals surface area contributed by atoms with Gasteiger partial charge in [-0.1, -0.05) is 0 Å². The first-order valence-corrected chi connectivity index (χ1v) is 9.33. The Bertz CT molecular complexity index is 1100. The molecule has 0 amide bonds. The topological polar surface area (TPSA) is 76.4 Å². The van der Waals surface area contributed by atoms with E-state index < -0.39 is 6.10 Å². The number of rotatable bonds is 3. The Morgan fingerprint density at radius 3 is 2.62 bits per heavy atom. The summed E-state index contributed by atoms with van der Waals surface area (Å²) in [5.41, 5.74) is 2.37. The predicted molar refractivity (Wildman–Crippen MR) is 103 cm³/mol. The van der Waals surface area contributed by atoms with E-state index in [-0.39, 0.29) is 18.0 Å². The van der Waals surface area contributed by atoms with Crippen molar-refractivity contribution in [2.75, 3.05) is 20.8 Å². The molecule has 29 heavy (non-hydrogen) atoms. The third kappa shape index (κ3) is 2.68. The summed E-state index contributed by atoms with van der Waals surface area (Å²) < 4.78 is 34.5. The van der Waals surface area contributed by atoms with E-state index in [9.17, 15) is 4.79 Å². The molecule has 0 bridgehead atoms. The van der Waals surface area contributed by atoms with Gasteiger partial charge in [0.05, 0.1) is 31.8 Å². The lowest BCUT2D eigenvalue weighted by molar-refractivity contribution is -0.151. The molecule has 1 aromatic heterocycles. The number of carbonyl (C=O) groups excluding carboxylic acids is 1. The number of hydrogen-bond acceptors (Lipinski definition) is 7. The molecule has 0 unspecified atom stereocenters. The molecule has 0 radical (unpaired) electrons. The molecule has 0 spiro atoms. The highest BCUT2D eigenvalue weighted by Crippen LogP contribution is 2.53. The Morgan fingerprint density at radius 2 is 1.86 bits per heavy atom. The van der Waals surface area contributed by atoms with Crippen molar-refractivity contribution in [3.63, 3.8) is 0 Å². The molecule has 5 rings (SSSR count). The summed E-state index contributed by atoms with van der Waals surface area (Å²) in [4.78, 5) is 12.0. The number of carbonyl (C=O) groups is 1. The van der Waals surface area contributed by atoms with E-state index in [4.69, 9.17) is 28.1 Å². The summed E-state index contributed by atoms with van der Waals surface area (Å²) in [6.07, 6.45) is 0.754. The molecule has 0 saturated carbocycles. The van der Waals surface area contributed by atoms with Gasteiger partial charge in [0.2, 0.25) is 0 Å². The molecule has 3 aromatic rings. The van der Waals surface area contributed by atoms with Gasteiger partial charge in [-0.15, -0.1) is 0 Å². The largest absolute Gasteiger partial charge is 0.493 e. The van der Waals surface area contributed by atoms with E-state index in [1.807, 2.05) is 24.3 Å². The summed E-state index contributed by atoms with van der Waals surface area (Å²) in [6.45, 7) is 1.73. The Kier molecular flexibility index (Phi) is 4.04. The van der Waals surface area contributed by atoms with Gasteiger partial charge in [-0.3, -0.25) is 4.79 Å². The lowest BCUT2D eigenvalue weighted by Gasteiger charge is -2.42. The Morgan fingerprint density at radius 1 is 1.07 bits per heavy atom. The van der Waals surface area contributed by atoms with Crippen molar-refractivity contribution in [3.05, 3.63) is 47.7 Å². The van der Waals surface area contributed by atoms with Crippen LogP contribution in [0.4, 0.5) is 0 Å². The third-order valence-electron chi connectivity index (χ3n) is 5.49. The van der Waals surface area contributed by atoms with Crippen molar-refractivity contribution in [3.8, 4) is 23.0 Å². The minimum atomic E-state index is -0.527. The number of ether oxygens (including phenoxy) is 5. The maximum absolute atomic E-state index is 12.0. The molecule has 0 aliphatic carbocycles. The van der Waals surface area contributed by atoms with Crippen molar-refractivity contribution in [1.82, 2.24) is 0 Å². The van der Waals surface area contributed by atoms with E-state index in [1.54, 1.807) is 26.5 Å². The molecular weight excluding hydrogens is 376 g/mol. The molecule has 3 atom stereocenters. The van der Waals surface area contributed by atoms with E-state index in [2.05, 4.69) is 0 Å². The van der Waals surface area contributed by atoms with E-state index >= 15 is 0 Å². The van der Waals surface area contributed by atoms with Crippen molar-refractivity contribution >= 4 is 16.9 Å².